The number of aryl methyl sites for hydroxylation is 2. The summed E-state index contributed by atoms with van der Waals surface area (Å²) in [4.78, 5) is 18.1. The summed E-state index contributed by atoms with van der Waals surface area (Å²) in [6, 6.07) is 3.92. The number of nitrogens with zero attached hydrogens (tertiary/aromatic N) is 3. The lowest BCUT2D eigenvalue weighted by molar-refractivity contribution is 0.102. The predicted octanol–water partition coefficient (Wildman–Crippen LogP) is 2.41. The van der Waals surface area contributed by atoms with Gasteiger partial charge in [-0.15, -0.1) is 11.3 Å². The first-order valence-corrected chi connectivity index (χ1v) is 7.09. The van der Waals surface area contributed by atoms with Crippen LogP contribution in [-0.2, 0) is 13.5 Å². The van der Waals surface area contributed by atoms with Gasteiger partial charge in [0.25, 0.3) is 0 Å². The molecule has 2 aromatic heterocycles. The van der Waals surface area contributed by atoms with E-state index in [0.717, 1.165) is 16.5 Å². The summed E-state index contributed by atoms with van der Waals surface area (Å²) < 4.78 is 1.67. The zero-order valence-electron chi connectivity index (χ0n) is 9.71. The summed E-state index contributed by atoms with van der Waals surface area (Å²) >= 11 is 3.00. The number of carbonyl (C=O) groups excluding carboxylic acids is 1. The first-order valence-electron chi connectivity index (χ1n) is 5.29. The third kappa shape index (κ3) is 2.95. The first-order chi connectivity index (χ1) is 8.20. The normalized spacial score (nSPS) is 10.7. The van der Waals surface area contributed by atoms with Crippen molar-refractivity contribution in [2.24, 2.45) is 7.05 Å². The Morgan fingerprint density at radius 1 is 1.53 bits per heavy atom. The lowest BCUT2D eigenvalue weighted by Gasteiger charge is -1.98. The SMILES string of the molecule is CCc1ccc(C(=O)CSc2ncnn2C)s1. The first kappa shape index (κ1) is 12.3. The molecule has 2 heterocycles. The topological polar surface area (TPSA) is 47.8 Å². The van der Waals surface area contributed by atoms with E-state index in [1.54, 1.807) is 16.0 Å². The fourth-order valence-electron chi connectivity index (χ4n) is 1.34. The van der Waals surface area contributed by atoms with Gasteiger partial charge in [0.05, 0.1) is 10.6 Å². The Bertz CT molecular complexity index is 518. The van der Waals surface area contributed by atoms with Crippen LogP contribution in [0.15, 0.2) is 23.6 Å². The molecule has 0 unspecified atom stereocenters. The molecule has 2 aromatic rings. The Labute approximate surface area is 108 Å². The molecule has 0 aliphatic heterocycles. The van der Waals surface area contributed by atoms with Crippen LogP contribution in [0.25, 0.3) is 0 Å². The summed E-state index contributed by atoms with van der Waals surface area (Å²) in [7, 11) is 1.82. The molecule has 17 heavy (non-hydrogen) atoms. The number of hydrogen-bond acceptors (Lipinski definition) is 5. The van der Waals surface area contributed by atoms with Crippen LogP contribution in [0.3, 0.4) is 0 Å². The monoisotopic (exact) mass is 267 g/mol. The van der Waals surface area contributed by atoms with Crippen molar-refractivity contribution in [3.05, 3.63) is 28.2 Å². The fraction of sp³-hybridized carbons (Fsp3) is 0.364. The summed E-state index contributed by atoms with van der Waals surface area (Å²) in [5, 5.41) is 4.73. The van der Waals surface area contributed by atoms with Gasteiger partial charge < -0.3 is 0 Å². The third-order valence-electron chi connectivity index (χ3n) is 2.29. The van der Waals surface area contributed by atoms with Gasteiger partial charge in [-0.1, -0.05) is 18.7 Å². The van der Waals surface area contributed by atoms with E-state index in [9.17, 15) is 4.79 Å². The maximum absolute atomic E-state index is 11.9. The Morgan fingerprint density at radius 2 is 2.35 bits per heavy atom. The number of Topliss-reactive ketones (excluding diaryl/α,β-unsaturated/α-hetero) is 1. The second-order valence-corrected chi connectivity index (χ2v) is 5.61. The van der Waals surface area contributed by atoms with Crippen LogP contribution >= 0.6 is 23.1 Å². The number of carbonyl (C=O) groups is 1. The second-order valence-electron chi connectivity index (χ2n) is 3.50. The van der Waals surface area contributed by atoms with E-state index in [0.29, 0.717) is 5.75 Å². The maximum atomic E-state index is 11.9. The molecule has 0 aliphatic carbocycles. The number of thioether (sulfide) groups is 1. The highest BCUT2D eigenvalue weighted by atomic mass is 32.2. The summed E-state index contributed by atoms with van der Waals surface area (Å²) in [5.41, 5.74) is 0. The average Bonchev–Trinajstić information content (AvgIpc) is 2.94. The molecular weight excluding hydrogens is 254 g/mol. The van der Waals surface area contributed by atoms with E-state index in [2.05, 4.69) is 17.0 Å². The van der Waals surface area contributed by atoms with Crippen LogP contribution in [0.4, 0.5) is 0 Å². The molecule has 0 N–H and O–H groups in total. The van der Waals surface area contributed by atoms with Crippen LogP contribution in [0.5, 0.6) is 0 Å². The van der Waals surface area contributed by atoms with Gasteiger partial charge in [0, 0.05) is 11.9 Å². The number of aromatic nitrogens is 3. The molecule has 0 aromatic carbocycles. The summed E-state index contributed by atoms with van der Waals surface area (Å²) in [6.45, 7) is 2.09. The zero-order chi connectivity index (χ0) is 12.3. The van der Waals surface area contributed by atoms with Gasteiger partial charge in [0.1, 0.15) is 6.33 Å². The average molecular weight is 267 g/mol. The van der Waals surface area contributed by atoms with Crippen LogP contribution in [0.1, 0.15) is 21.5 Å². The lowest BCUT2D eigenvalue weighted by Crippen LogP contribution is -2.01. The smallest absolute Gasteiger partial charge is 0.186 e. The van der Waals surface area contributed by atoms with Gasteiger partial charge in [-0.3, -0.25) is 4.79 Å². The van der Waals surface area contributed by atoms with Crippen LogP contribution in [-0.4, -0.2) is 26.3 Å². The zero-order valence-corrected chi connectivity index (χ0v) is 11.3. The van der Waals surface area contributed by atoms with Crippen LogP contribution in [0, 0.1) is 0 Å². The highest BCUT2D eigenvalue weighted by Crippen LogP contribution is 2.21. The number of rotatable bonds is 5. The predicted molar refractivity (Wildman–Crippen MR) is 69.8 cm³/mol. The van der Waals surface area contributed by atoms with E-state index in [1.165, 1.54) is 23.0 Å². The Hall–Kier alpha value is -1.14. The molecule has 2 rings (SSSR count). The lowest BCUT2D eigenvalue weighted by atomic mass is 10.3. The van der Waals surface area contributed by atoms with Gasteiger partial charge >= 0.3 is 0 Å². The Morgan fingerprint density at radius 3 is 2.94 bits per heavy atom. The third-order valence-corrected chi connectivity index (χ3v) is 4.59. The maximum Gasteiger partial charge on any atom is 0.186 e. The van der Waals surface area contributed by atoms with Crippen molar-refractivity contribution >= 4 is 28.9 Å². The van der Waals surface area contributed by atoms with E-state index in [-0.39, 0.29) is 5.78 Å². The van der Waals surface area contributed by atoms with Crippen molar-refractivity contribution in [3.63, 3.8) is 0 Å². The van der Waals surface area contributed by atoms with Crippen molar-refractivity contribution in [1.82, 2.24) is 14.8 Å². The van der Waals surface area contributed by atoms with E-state index in [1.807, 2.05) is 19.2 Å². The number of hydrogen-bond donors (Lipinski definition) is 0. The quantitative estimate of drug-likeness (QED) is 0.616. The van der Waals surface area contributed by atoms with Crippen molar-refractivity contribution in [3.8, 4) is 0 Å². The molecule has 4 nitrogen and oxygen atoms in total. The van der Waals surface area contributed by atoms with Gasteiger partial charge in [-0.05, 0) is 18.6 Å². The summed E-state index contributed by atoms with van der Waals surface area (Å²) in [6.07, 6.45) is 2.47. The minimum absolute atomic E-state index is 0.155. The second kappa shape index (κ2) is 5.46. The molecule has 0 aliphatic rings. The molecule has 6 heteroatoms. The molecule has 0 spiro atoms. The molecule has 90 valence electrons. The van der Waals surface area contributed by atoms with Gasteiger partial charge in [-0.2, -0.15) is 5.10 Å². The molecule has 0 atom stereocenters. The fourth-order valence-corrected chi connectivity index (χ4v) is 3.08. The van der Waals surface area contributed by atoms with E-state index < -0.39 is 0 Å². The molecular formula is C11H13N3OS2. The Kier molecular flexibility index (Phi) is 3.96. The molecule has 0 bridgehead atoms. The molecule has 0 saturated heterocycles. The van der Waals surface area contributed by atoms with Gasteiger partial charge in [0.2, 0.25) is 0 Å². The number of ketones is 1. The highest BCUT2D eigenvalue weighted by Gasteiger charge is 2.11. The molecule has 0 radical (unpaired) electrons. The minimum Gasteiger partial charge on any atom is -0.292 e. The van der Waals surface area contributed by atoms with E-state index in [4.69, 9.17) is 0 Å². The molecule has 0 fully saturated rings. The molecule has 0 amide bonds. The summed E-state index contributed by atoms with van der Waals surface area (Å²) in [5.74, 6) is 0.568. The van der Waals surface area contributed by atoms with Crippen LogP contribution < -0.4 is 0 Å². The van der Waals surface area contributed by atoms with Gasteiger partial charge in [0.15, 0.2) is 10.9 Å². The minimum atomic E-state index is 0.155. The van der Waals surface area contributed by atoms with Crippen molar-refractivity contribution in [2.75, 3.05) is 5.75 Å². The van der Waals surface area contributed by atoms with Crippen molar-refractivity contribution < 1.29 is 4.79 Å². The largest absolute Gasteiger partial charge is 0.292 e. The van der Waals surface area contributed by atoms with Crippen LogP contribution in [0.2, 0.25) is 0 Å². The highest BCUT2D eigenvalue weighted by molar-refractivity contribution is 7.99. The van der Waals surface area contributed by atoms with Crippen molar-refractivity contribution in [1.29, 1.82) is 0 Å². The van der Waals surface area contributed by atoms with Gasteiger partial charge in [-0.25, -0.2) is 9.67 Å². The number of thiophene rings is 1. The Balaban J connectivity index is 1.95. The standard InChI is InChI=1S/C11H13N3OS2/c1-3-8-4-5-10(17-8)9(15)6-16-11-12-7-13-14(11)2/h4-5,7H,3,6H2,1-2H3. The van der Waals surface area contributed by atoms with E-state index >= 15 is 0 Å². The van der Waals surface area contributed by atoms with Crippen molar-refractivity contribution in [2.45, 2.75) is 18.5 Å². The molecule has 0 saturated carbocycles.